The molecular formula is C12H37ClN3+3. The molecule has 16 heavy (non-hydrogen) atoms. The van der Waals surface area contributed by atoms with Gasteiger partial charge in [-0.3, -0.25) is 0 Å². The zero-order valence-electron chi connectivity index (χ0n) is 12.2. The van der Waals surface area contributed by atoms with Gasteiger partial charge >= 0.3 is 0 Å². The summed E-state index contributed by atoms with van der Waals surface area (Å²) in [5.41, 5.74) is 0. The van der Waals surface area contributed by atoms with E-state index in [0.717, 1.165) is 5.88 Å². The molecule has 0 heterocycles. The van der Waals surface area contributed by atoms with Crippen LogP contribution in [-0.2, 0) is 0 Å². The van der Waals surface area contributed by atoms with Crippen LogP contribution >= 0.6 is 11.6 Å². The van der Waals surface area contributed by atoms with Gasteiger partial charge in [0.25, 0.3) is 0 Å². The first-order valence-electron chi connectivity index (χ1n) is 5.97. The Labute approximate surface area is 107 Å². The van der Waals surface area contributed by atoms with Crippen LogP contribution in [0.4, 0.5) is 0 Å². The van der Waals surface area contributed by atoms with Crippen molar-refractivity contribution in [1.82, 2.24) is 18.5 Å². The van der Waals surface area contributed by atoms with Gasteiger partial charge in [0.2, 0.25) is 0 Å². The second-order valence-corrected chi connectivity index (χ2v) is 4.25. The fourth-order valence-electron chi connectivity index (χ4n) is 1.58. The molecule has 0 fully saturated rings. The van der Waals surface area contributed by atoms with Crippen LogP contribution in [0.3, 0.4) is 0 Å². The van der Waals surface area contributed by atoms with Gasteiger partial charge in [0.1, 0.15) is 0 Å². The van der Waals surface area contributed by atoms with Crippen molar-refractivity contribution in [1.29, 1.82) is 0 Å². The summed E-state index contributed by atoms with van der Waals surface area (Å²) < 4.78 is 0. The zero-order valence-corrected chi connectivity index (χ0v) is 12.9. The van der Waals surface area contributed by atoms with E-state index in [-0.39, 0.29) is 18.5 Å². The summed E-state index contributed by atoms with van der Waals surface area (Å²) in [6.45, 7) is 2.27. The molecule has 0 atom stereocenters. The van der Waals surface area contributed by atoms with Gasteiger partial charge in [-0.2, -0.15) is 0 Å². The van der Waals surface area contributed by atoms with E-state index < -0.39 is 0 Å². The summed E-state index contributed by atoms with van der Waals surface area (Å²) in [7, 11) is 0. The summed E-state index contributed by atoms with van der Waals surface area (Å²) in [4.78, 5) is 0. The summed E-state index contributed by atoms with van der Waals surface area (Å²) in [6, 6.07) is 0. The maximum Gasteiger partial charge on any atom is 0.0223 e. The number of rotatable bonds is 10. The third-order valence-electron chi connectivity index (χ3n) is 2.49. The number of quaternary nitrogens is 3. The van der Waals surface area contributed by atoms with Crippen molar-refractivity contribution in [2.75, 3.05) is 5.88 Å². The average Bonchev–Trinajstić information content (AvgIpc) is 2.16. The first-order valence-corrected chi connectivity index (χ1v) is 6.51. The molecule has 0 rings (SSSR count). The van der Waals surface area contributed by atoms with Crippen molar-refractivity contribution in [3.63, 3.8) is 0 Å². The lowest BCUT2D eigenvalue weighted by molar-refractivity contribution is 0.563. The Balaban J connectivity index is -0.000000240. The van der Waals surface area contributed by atoms with Crippen LogP contribution in [0.25, 0.3) is 0 Å². The molecule has 3 nitrogen and oxygen atoms in total. The highest BCUT2D eigenvalue weighted by molar-refractivity contribution is 6.17. The van der Waals surface area contributed by atoms with Crippen molar-refractivity contribution < 1.29 is 0 Å². The second kappa shape index (κ2) is 24.4. The first kappa shape index (κ1) is 25.1. The molecule has 0 aromatic carbocycles. The van der Waals surface area contributed by atoms with Gasteiger partial charge in [-0.05, 0) is 6.42 Å². The van der Waals surface area contributed by atoms with E-state index >= 15 is 0 Å². The highest BCUT2D eigenvalue weighted by atomic mass is 35.5. The van der Waals surface area contributed by atoms with Crippen LogP contribution < -0.4 is 18.5 Å². The summed E-state index contributed by atoms with van der Waals surface area (Å²) in [5, 5.41) is 0. The monoisotopic (exact) mass is 258 g/mol. The van der Waals surface area contributed by atoms with Gasteiger partial charge in [-0.1, -0.05) is 64.7 Å². The van der Waals surface area contributed by atoms with E-state index in [4.69, 9.17) is 11.6 Å². The van der Waals surface area contributed by atoms with Crippen molar-refractivity contribution in [3.8, 4) is 0 Å². The molecule has 0 aliphatic carbocycles. The van der Waals surface area contributed by atoms with Gasteiger partial charge in [0.15, 0.2) is 0 Å². The number of halogens is 1. The van der Waals surface area contributed by atoms with E-state index in [2.05, 4.69) is 6.92 Å². The molecule has 4 heteroatoms. The molecule has 0 amide bonds. The Bertz CT molecular complexity index is 82.3. The minimum atomic E-state index is 0. The van der Waals surface area contributed by atoms with Crippen LogP contribution in [-0.4, -0.2) is 5.88 Å². The lowest BCUT2D eigenvalue weighted by atomic mass is 10.1. The summed E-state index contributed by atoms with van der Waals surface area (Å²) >= 11 is 5.60. The van der Waals surface area contributed by atoms with E-state index in [1.807, 2.05) is 0 Å². The minimum absolute atomic E-state index is 0. The number of hydrogen-bond acceptors (Lipinski definition) is 0. The Morgan fingerprint density at radius 2 is 0.875 bits per heavy atom. The molecule has 104 valence electrons. The predicted molar refractivity (Wildman–Crippen MR) is 80.5 cm³/mol. The third kappa shape index (κ3) is 23.8. The van der Waals surface area contributed by atoms with Crippen molar-refractivity contribution in [2.45, 2.75) is 71.1 Å². The largest absolute Gasteiger partial charge is 0.369 e. The zero-order chi connectivity index (χ0) is 9.78. The van der Waals surface area contributed by atoms with Gasteiger partial charge in [0, 0.05) is 5.88 Å². The summed E-state index contributed by atoms with van der Waals surface area (Å²) in [5.74, 6) is 0.844. The predicted octanol–water partition coefficient (Wildman–Crippen LogP) is 6.27. The van der Waals surface area contributed by atoms with E-state index in [0.29, 0.717) is 0 Å². The first-order chi connectivity index (χ1) is 6.41. The molecule has 0 saturated carbocycles. The lowest BCUT2D eigenvalue weighted by Gasteiger charge is -2.00. The van der Waals surface area contributed by atoms with Gasteiger partial charge in [0.05, 0.1) is 0 Å². The molecule has 0 bridgehead atoms. The Morgan fingerprint density at radius 3 is 1.19 bits per heavy atom. The molecule has 0 radical (unpaired) electrons. The highest BCUT2D eigenvalue weighted by Crippen LogP contribution is 2.10. The molecule has 0 aliphatic heterocycles. The van der Waals surface area contributed by atoms with E-state index in [9.17, 15) is 0 Å². The fraction of sp³-hybridized carbons (Fsp3) is 1.00. The second-order valence-electron chi connectivity index (χ2n) is 3.87. The SMILES string of the molecule is CCCCCCCCCCCCCl.[NH4+].[NH4+].[NH4+]. The van der Waals surface area contributed by atoms with Gasteiger partial charge in [-0.15, -0.1) is 11.6 Å². The lowest BCUT2D eigenvalue weighted by Crippen LogP contribution is -1.81. The molecule has 0 aliphatic rings. The van der Waals surface area contributed by atoms with Gasteiger partial charge in [-0.25, -0.2) is 0 Å². The van der Waals surface area contributed by atoms with Crippen molar-refractivity contribution in [2.24, 2.45) is 0 Å². The van der Waals surface area contributed by atoms with Crippen LogP contribution in [0.15, 0.2) is 0 Å². The Kier molecular flexibility index (Phi) is 38.3. The van der Waals surface area contributed by atoms with Crippen molar-refractivity contribution in [3.05, 3.63) is 0 Å². The maximum atomic E-state index is 5.60. The number of hydrogen-bond donors (Lipinski definition) is 3. The summed E-state index contributed by atoms with van der Waals surface area (Å²) in [6.07, 6.45) is 13.9. The fourth-order valence-corrected chi connectivity index (χ4v) is 1.77. The standard InChI is InChI=1S/C12H25Cl.3H3N/c1-2-3-4-5-6-7-8-9-10-11-12-13;;;/h2-12H2,1H3;3*1H3/p+3. The smallest absolute Gasteiger partial charge is 0.0223 e. The third-order valence-corrected chi connectivity index (χ3v) is 2.75. The van der Waals surface area contributed by atoms with Crippen molar-refractivity contribution >= 4 is 11.6 Å². The molecule has 0 unspecified atom stereocenters. The molecule has 12 N–H and O–H groups in total. The topological polar surface area (TPSA) is 110 Å². The van der Waals surface area contributed by atoms with Gasteiger partial charge < -0.3 is 18.5 Å². The molecule has 0 saturated heterocycles. The number of unbranched alkanes of at least 4 members (excludes halogenated alkanes) is 9. The maximum absolute atomic E-state index is 5.60. The molecule has 0 aromatic heterocycles. The van der Waals surface area contributed by atoms with E-state index in [1.54, 1.807) is 0 Å². The minimum Gasteiger partial charge on any atom is -0.369 e. The quantitative estimate of drug-likeness (QED) is 0.303. The van der Waals surface area contributed by atoms with Crippen LogP contribution in [0.5, 0.6) is 0 Å². The number of alkyl halides is 1. The normalized spacial score (nSPS) is 8.62. The van der Waals surface area contributed by atoms with Crippen LogP contribution in [0.1, 0.15) is 71.1 Å². The Hall–Kier alpha value is 0.170. The molecule has 0 aromatic rings. The average molecular weight is 259 g/mol. The highest BCUT2D eigenvalue weighted by Gasteiger charge is 1.91. The van der Waals surface area contributed by atoms with Crippen LogP contribution in [0, 0.1) is 0 Å². The van der Waals surface area contributed by atoms with Crippen LogP contribution in [0.2, 0.25) is 0 Å². The van der Waals surface area contributed by atoms with E-state index in [1.165, 1.54) is 64.2 Å². The molecular weight excluding hydrogens is 222 g/mol. The Morgan fingerprint density at radius 1 is 0.562 bits per heavy atom. The molecule has 0 spiro atoms.